The number of hydrogen-bond donors (Lipinski definition) is 0. The second-order valence-corrected chi connectivity index (χ2v) is 7.47. The second-order valence-electron chi connectivity index (χ2n) is 7.47. The van der Waals surface area contributed by atoms with E-state index in [4.69, 9.17) is 9.26 Å². The fraction of sp³-hybridized carbons (Fsp3) is 0.304. The van der Waals surface area contributed by atoms with Gasteiger partial charge in [-0.1, -0.05) is 29.4 Å². The molecule has 0 bridgehead atoms. The van der Waals surface area contributed by atoms with Crippen LogP contribution >= 0.6 is 0 Å². The SMILES string of the molecule is Cc1ccc(OCc2cc(C(=O)N3CCC(c4ccccc4F)C3)no2)cc1C. The zero-order valence-electron chi connectivity index (χ0n) is 16.5. The van der Waals surface area contributed by atoms with E-state index in [1.54, 1.807) is 23.1 Å². The normalized spacial score (nSPS) is 16.2. The molecule has 1 unspecified atom stereocenters. The first-order valence-corrected chi connectivity index (χ1v) is 9.70. The van der Waals surface area contributed by atoms with Crippen molar-refractivity contribution in [3.8, 4) is 5.75 Å². The zero-order chi connectivity index (χ0) is 20.4. The van der Waals surface area contributed by atoms with Crippen LogP contribution in [-0.2, 0) is 6.61 Å². The molecule has 0 N–H and O–H groups in total. The molecule has 1 aliphatic rings. The Kier molecular flexibility index (Phi) is 5.34. The molecule has 1 saturated heterocycles. The fourth-order valence-electron chi connectivity index (χ4n) is 3.61. The van der Waals surface area contributed by atoms with E-state index >= 15 is 0 Å². The Morgan fingerprint density at radius 2 is 2.03 bits per heavy atom. The van der Waals surface area contributed by atoms with E-state index in [1.807, 2.05) is 38.1 Å². The van der Waals surface area contributed by atoms with Crippen molar-refractivity contribution in [2.24, 2.45) is 0 Å². The molecule has 29 heavy (non-hydrogen) atoms. The topological polar surface area (TPSA) is 55.6 Å². The van der Waals surface area contributed by atoms with E-state index in [-0.39, 0.29) is 29.9 Å². The number of ether oxygens (including phenoxy) is 1. The molecule has 0 radical (unpaired) electrons. The van der Waals surface area contributed by atoms with Crippen molar-refractivity contribution >= 4 is 5.91 Å². The molecule has 6 heteroatoms. The summed E-state index contributed by atoms with van der Waals surface area (Å²) in [6.45, 7) is 5.31. The monoisotopic (exact) mass is 394 g/mol. The number of carbonyl (C=O) groups excluding carboxylic acids is 1. The van der Waals surface area contributed by atoms with Gasteiger partial charge in [0.15, 0.2) is 11.5 Å². The highest BCUT2D eigenvalue weighted by atomic mass is 19.1. The number of rotatable bonds is 5. The first-order chi connectivity index (χ1) is 14.0. The average Bonchev–Trinajstić information content (AvgIpc) is 3.39. The molecule has 2 heterocycles. The van der Waals surface area contributed by atoms with Crippen LogP contribution in [0.3, 0.4) is 0 Å². The first kappa shape index (κ1) is 19.2. The Morgan fingerprint density at radius 1 is 1.21 bits per heavy atom. The lowest BCUT2D eigenvalue weighted by atomic mass is 9.98. The molecule has 1 atom stereocenters. The standard InChI is InChI=1S/C23H23FN2O3/c1-15-7-8-18(11-16(15)2)28-14-19-12-22(25-29-19)23(27)26-10-9-17(13-26)20-5-3-4-6-21(20)24/h3-8,11-12,17H,9-10,13-14H2,1-2H3. The summed E-state index contributed by atoms with van der Waals surface area (Å²) < 4.78 is 25.0. The fourth-order valence-corrected chi connectivity index (χ4v) is 3.61. The average molecular weight is 394 g/mol. The van der Waals surface area contributed by atoms with Crippen molar-refractivity contribution in [3.63, 3.8) is 0 Å². The van der Waals surface area contributed by atoms with Crippen LogP contribution in [-0.4, -0.2) is 29.1 Å². The number of amides is 1. The summed E-state index contributed by atoms with van der Waals surface area (Å²) >= 11 is 0. The van der Waals surface area contributed by atoms with Crippen LogP contribution in [0.15, 0.2) is 53.1 Å². The highest BCUT2D eigenvalue weighted by Gasteiger charge is 2.30. The molecule has 3 aromatic rings. The summed E-state index contributed by atoms with van der Waals surface area (Å²) in [6, 6.07) is 14.2. The number of aromatic nitrogens is 1. The van der Waals surface area contributed by atoms with Crippen molar-refractivity contribution < 1.29 is 18.4 Å². The molecule has 1 fully saturated rings. The van der Waals surface area contributed by atoms with E-state index in [1.165, 1.54) is 11.6 Å². The minimum Gasteiger partial charge on any atom is -0.486 e. The maximum atomic E-state index is 14.0. The summed E-state index contributed by atoms with van der Waals surface area (Å²) in [5, 5.41) is 3.90. The van der Waals surface area contributed by atoms with Crippen LogP contribution in [0.5, 0.6) is 5.75 Å². The van der Waals surface area contributed by atoms with Gasteiger partial charge in [-0.05, 0) is 55.2 Å². The zero-order valence-corrected chi connectivity index (χ0v) is 16.5. The van der Waals surface area contributed by atoms with Gasteiger partial charge in [0.25, 0.3) is 5.91 Å². The van der Waals surface area contributed by atoms with E-state index in [2.05, 4.69) is 5.16 Å². The minimum atomic E-state index is -0.223. The summed E-state index contributed by atoms with van der Waals surface area (Å²) in [6.07, 6.45) is 0.729. The van der Waals surface area contributed by atoms with E-state index in [9.17, 15) is 9.18 Å². The third-order valence-corrected chi connectivity index (χ3v) is 5.46. The van der Waals surface area contributed by atoms with Gasteiger partial charge in [0, 0.05) is 25.1 Å². The number of carbonyl (C=O) groups is 1. The molecular formula is C23H23FN2O3. The second kappa shape index (κ2) is 8.07. The molecule has 0 spiro atoms. The van der Waals surface area contributed by atoms with Gasteiger partial charge in [-0.15, -0.1) is 0 Å². The van der Waals surface area contributed by atoms with Gasteiger partial charge < -0.3 is 14.2 Å². The Hall–Kier alpha value is -3.15. The number of benzene rings is 2. The van der Waals surface area contributed by atoms with Crippen LogP contribution in [0.2, 0.25) is 0 Å². The Labute approximate surface area is 169 Å². The number of nitrogens with zero attached hydrogens (tertiary/aromatic N) is 2. The molecule has 1 aliphatic heterocycles. The molecule has 2 aromatic carbocycles. The quantitative estimate of drug-likeness (QED) is 0.633. The van der Waals surface area contributed by atoms with Crippen molar-refractivity contribution in [3.05, 3.63) is 82.5 Å². The lowest BCUT2D eigenvalue weighted by molar-refractivity contribution is 0.0780. The van der Waals surface area contributed by atoms with E-state index in [0.717, 1.165) is 17.7 Å². The van der Waals surface area contributed by atoms with Crippen LogP contribution in [0, 0.1) is 19.7 Å². The summed E-state index contributed by atoms with van der Waals surface area (Å²) in [7, 11) is 0. The smallest absolute Gasteiger partial charge is 0.276 e. The molecule has 1 aromatic heterocycles. The van der Waals surface area contributed by atoms with Gasteiger partial charge in [-0.2, -0.15) is 0 Å². The number of aryl methyl sites for hydroxylation is 2. The first-order valence-electron chi connectivity index (χ1n) is 9.70. The maximum Gasteiger partial charge on any atom is 0.276 e. The lowest BCUT2D eigenvalue weighted by Crippen LogP contribution is -2.28. The van der Waals surface area contributed by atoms with Crippen LogP contribution in [0.25, 0.3) is 0 Å². The van der Waals surface area contributed by atoms with Gasteiger partial charge in [0.2, 0.25) is 0 Å². The molecular weight excluding hydrogens is 371 g/mol. The molecule has 150 valence electrons. The Morgan fingerprint density at radius 3 is 2.83 bits per heavy atom. The highest BCUT2D eigenvalue weighted by Crippen LogP contribution is 2.29. The third kappa shape index (κ3) is 4.16. The lowest BCUT2D eigenvalue weighted by Gasteiger charge is -2.15. The van der Waals surface area contributed by atoms with Crippen molar-refractivity contribution in [1.29, 1.82) is 0 Å². The van der Waals surface area contributed by atoms with Gasteiger partial charge in [0.05, 0.1) is 0 Å². The predicted octanol–water partition coefficient (Wildman–Crippen LogP) is 4.64. The molecule has 5 nitrogen and oxygen atoms in total. The van der Waals surface area contributed by atoms with Crippen LogP contribution in [0.4, 0.5) is 4.39 Å². The number of halogens is 1. The van der Waals surface area contributed by atoms with E-state index in [0.29, 0.717) is 24.4 Å². The summed E-state index contributed by atoms with van der Waals surface area (Å²) in [5.74, 6) is 0.796. The summed E-state index contributed by atoms with van der Waals surface area (Å²) in [4.78, 5) is 14.4. The maximum absolute atomic E-state index is 14.0. The molecule has 0 aliphatic carbocycles. The van der Waals surface area contributed by atoms with Crippen molar-refractivity contribution in [2.75, 3.05) is 13.1 Å². The van der Waals surface area contributed by atoms with Gasteiger partial charge >= 0.3 is 0 Å². The number of likely N-dealkylation sites (tertiary alicyclic amines) is 1. The Bertz CT molecular complexity index is 1030. The van der Waals surface area contributed by atoms with Crippen LogP contribution < -0.4 is 4.74 Å². The van der Waals surface area contributed by atoms with Crippen molar-refractivity contribution in [2.45, 2.75) is 32.8 Å². The molecule has 1 amide bonds. The van der Waals surface area contributed by atoms with Gasteiger partial charge in [-0.25, -0.2) is 4.39 Å². The minimum absolute atomic E-state index is 0.000341. The predicted molar refractivity (Wildman–Crippen MR) is 106 cm³/mol. The molecule has 4 rings (SSSR count). The molecule has 0 saturated carbocycles. The van der Waals surface area contributed by atoms with Crippen LogP contribution in [0.1, 0.15) is 45.3 Å². The highest BCUT2D eigenvalue weighted by molar-refractivity contribution is 5.92. The van der Waals surface area contributed by atoms with E-state index < -0.39 is 0 Å². The number of hydrogen-bond acceptors (Lipinski definition) is 4. The largest absolute Gasteiger partial charge is 0.486 e. The van der Waals surface area contributed by atoms with Gasteiger partial charge in [0.1, 0.15) is 18.2 Å². The van der Waals surface area contributed by atoms with Crippen molar-refractivity contribution in [1.82, 2.24) is 10.1 Å². The van der Waals surface area contributed by atoms with Gasteiger partial charge in [-0.3, -0.25) is 4.79 Å². The third-order valence-electron chi connectivity index (χ3n) is 5.46. The Balaban J connectivity index is 1.37. The summed E-state index contributed by atoms with van der Waals surface area (Å²) in [5.41, 5.74) is 3.25.